The first-order valence-corrected chi connectivity index (χ1v) is 6.57. The maximum absolute atomic E-state index is 12.0. The molecule has 1 heterocycles. The lowest BCUT2D eigenvalue weighted by molar-refractivity contribution is -0.121. The molecule has 2 unspecified atom stereocenters. The zero-order valence-electron chi connectivity index (χ0n) is 10.4. The Morgan fingerprint density at radius 2 is 2.17 bits per heavy atom. The molecule has 0 aromatic rings. The number of carbonyl (C=O) groups is 2. The van der Waals surface area contributed by atoms with Crippen molar-refractivity contribution in [2.24, 2.45) is 16.8 Å². The van der Waals surface area contributed by atoms with Gasteiger partial charge in [0.2, 0.25) is 5.91 Å². The van der Waals surface area contributed by atoms with Crippen molar-refractivity contribution in [3.8, 4) is 0 Å². The van der Waals surface area contributed by atoms with Gasteiger partial charge in [0.1, 0.15) is 5.71 Å². The molecule has 1 aliphatic heterocycles. The van der Waals surface area contributed by atoms with Crippen molar-refractivity contribution in [2.75, 3.05) is 6.54 Å². The first-order chi connectivity index (χ1) is 8.70. The Balaban J connectivity index is 1.92. The molecule has 1 fully saturated rings. The van der Waals surface area contributed by atoms with Gasteiger partial charge in [0.05, 0.1) is 0 Å². The number of nitrogens with two attached hydrogens (primary N) is 1. The normalized spacial score (nSPS) is 28.3. The van der Waals surface area contributed by atoms with Crippen molar-refractivity contribution in [1.29, 1.82) is 0 Å². The van der Waals surface area contributed by atoms with Gasteiger partial charge in [-0.25, -0.2) is 5.43 Å². The van der Waals surface area contributed by atoms with Gasteiger partial charge < -0.3 is 11.1 Å². The van der Waals surface area contributed by atoms with Crippen LogP contribution in [0.2, 0.25) is 0 Å². The summed E-state index contributed by atoms with van der Waals surface area (Å²) in [6, 6.07) is 0.150. The number of hydrogen-bond acceptors (Lipinski definition) is 4. The fourth-order valence-corrected chi connectivity index (χ4v) is 2.57. The fraction of sp³-hybridized carbons (Fsp3) is 0.750. The largest absolute Gasteiger partial charge is 0.348 e. The van der Waals surface area contributed by atoms with E-state index in [1.165, 1.54) is 6.42 Å². The Morgan fingerprint density at radius 3 is 2.83 bits per heavy atom. The van der Waals surface area contributed by atoms with Crippen molar-refractivity contribution >= 4 is 17.5 Å². The van der Waals surface area contributed by atoms with Crippen LogP contribution in [-0.4, -0.2) is 30.1 Å². The Morgan fingerprint density at radius 1 is 1.39 bits per heavy atom. The molecule has 0 aromatic carbocycles. The molecule has 0 saturated heterocycles. The van der Waals surface area contributed by atoms with Crippen molar-refractivity contribution in [3.05, 3.63) is 0 Å². The highest BCUT2D eigenvalue weighted by molar-refractivity contribution is 6.39. The number of hydrazone groups is 1. The SMILES string of the molecule is NCC1CCCCC1NC(=O)C1=NNC(=O)CC1. The van der Waals surface area contributed by atoms with E-state index < -0.39 is 0 Å². The van der Waals surface area contributed by atoms with Gasteiger partial charge in [0, 0.05) is 18.9 Å². The summed E-state index contributed by atoms with van der Waals surface area (Å²) in [5.74, 6) is 0.0610. The highest BCUT2D eigenvalue weighted by atomic mass is 16.2. The van der Waals surface area contributed by atoms with Gasteiger partial charge in [-0.3, -0.25) is 9.59 Å². The third-order valence-corrected chi connectivity index (χ3v) is 3.69. The van der Waals surface area contributed by atoms with Crippen molar-refractivity contribution in [2.45, 2.75) is 44.6 Å². The standard InChI is InChI=1S/C12H20N4O2/c13-7-8-3-1-2-4-9(8)14-12(18)10-5-6-11(17)16-15-10/h8-9H,1-7,13H2,(H,14,18)(H,16,17). The van der Waals surface area contributed by atoms with Gasteiger partial charge >= 0.3 is 0 Å². The molecule has 2 atom stereocenters. The van der Waals surface area contributed by atoms with Crippen LogP contribution < -0.4 is 16.5 Å². The van der Waals surface area contributed by atoms with Crippen LogP contribution in [-0.2, 0) is 9.59 Å². The minimum atomic E-state index is -0.166. The van der Waals surface area contributed by atoms with Crippen LogP contribution >= 0.6 is 0 Å². The minimum Gasteiger partial charge on any atom is -0.348 e. The first kappa shape index (κ1) is 13.0. The molecular formula is C12H20N4O2. The van der Waals surface area contributed by atoms with E-state index in [1.807, 2.05) is 0 Å². The summed E-state index contributed by atoms with van der Waals surface area (Å²) >= 11 is 0. The first-order valence-electron chi connectivity index (χ1n) is 6.57. The molecule has 6 heteroatoms. The van der Waals surface area contributed by atoms with Crippen LogP contribution in [0.1, 0.15) is 38.5 Å². The molecular weight excluding hydrogens is 232 g/mol. The summed E-state index contributed by atoms with van der Waals surface area (Å²) in [4.78, 5) is 23.0. The van der Waals surface area contributed by atoms with E-state index in [4.69, 9.17) is 5.73 Å². The summed E-state index contributed by atoms with van der Waals surface area (Å²) in [7, 11) is 0. The molecule has 0 bridgehead atoms. The monoisotopic (exact) mass is 252 g/mol. The maximum Gasteiger partial charge on any atom is 0.267 e. The van der Waals surface area contributed by atoms with Gasteiger partial charge in [-0.15, -0.1) is 0 Å². The van der Waals surface area contributed by atoms with E-state index in [0.717, 1.165) is 19.3 Å². The van der Waals surface area contributed by atoms with Crippen LogP contribution in [0.4, 0.5) is 0 Å². The average Bonchev–Trinajstić information content (AvgIpc) is 2.40. The highest BCUT2D eigenvalue weighted by Crippen LogP contribution is 2.23. The van der Waals surface area contributed by atoms with E-state index in [1.54, 1.807) is 0 Å². The predicted molar refractivity (Wildman–Crippen MR) is 67.8 cm³/mol. The zero-order valence-corrected chi connectivity index (χ0v) is 10.4. The van der Waals surface area contributed by atoms with E-state index in [0.29, 0.717) is 31.0 Å². The zero-order chi connectivity index (χ0) is 13.0. The van der Waals surface area contributed by atoms with E-state index >= 15 is 0 Å². The van der Waals surface area contributed by atoms with Crippen molar-refractivity contribution in [1.82, 2.24) is 10.7 Å². The van der Waals surface area contributed by atoms with Crippen molar-refractivity contribution in [3.63, 3.8) is 0 Å². The quantitative estimate of drug-likeness (QED) is 0.653. The van der Waals surface area contributed by atoms with E-state index in [9.17, 15) is 9.59 Å². The van der Waals surface area contributed by atoms with E-state index in [-0.39, 0.29) is 17.9 Å². The molecule has 0 spiro atoms. The molecule has 0 aromatic heterocycles. The smallest absolute Gasteiger partial charge is 0.267 e. The predicted octanol–water partition coefficient (Wildman–Crippen LogP) is -0.114. The van der Waals surface area contributed by atoms with E-state index in [2.05, 4.69) is 15.8 Å². The average molecular weight is 252 g/mol. The molecule has 2 aliphatic rings. The molecule has 1 aliphatic carbocycles. The van der Waals surface area contributed by atoms with Gasteiger partial charge in [0.25, 0.3) is 5.91 Å². The molecule has 4 N–H and O–H groups in total. The number of carbonyl (C=O) groups excluding carboxylic acids is 2. The lowest BCUT2D eigenvalue weighted by atomic mass is 9.84. The topological polar surface area (TPSA) is 96.6 Å². The molecule has 0 radical (unpaired) electrons. The Kier molecular flexibility index (Phi) is 4.30. The fourth-order valence-electron chi connectivity index (χ4n) is 2.57. The number of amides is 2. The van der Waals surface area contributed by atoms with Crippen LogP contribution in [0.3, 0.4) is 0 Å². The van der Waals surface area contributed by atoms with Crippen LogP contribution in [0.25, 0.3) is 0 Å². The second-order valence-corrected chi connectivity index (χ2v) is 4.95. The summed E-state index contributed by atoms with van der Waals surface area (Å²) in [5, 5.41) is 6.80. The molecule has 1 saturated carbocycles. The molecule has 18 heavy (non-hydrogen) atoms. The lowest BCUT2D eigenvalue weighted by Crippen LogP contribution is -2.48. The highest BCUT2D eigenvalue weighted by Gasteiger charge is 2.27. The molecule has 2 amide bonds. The van der Waals surface area contributed by atoms with Gasteiger partial charge in [-0.05, 0) is 25.3 Å². The van der Waals surface area contributed by atoms with Crippen LogP contribution in [0.5, 0.6) is 0 Å². The van der Waals surface area contributed by atoms with Crippen LogP contribution in [0, 0.1) is 5.92 Å². The van der Waals surface area contributed by atoms with Gasteiger partial charge in [-0.2, -0.15) is 5.10 Å². The summed E-state index contributed by atoms with van der Waals surface area (Å²) in [6.45, 7) is 0.605. The van der Waals surface area contributed by atoms with Gasteiger partial charge in [0.15, 0.2) is 0 Å². The van der Waals surface area contributed by atoms with Crippen LogP contribution in [0.15, 0.2) is 5.10 Å². The van der Waals surface area contributed by atoms with Crippen molar-refractivity contribution < 1.29 is 9.59 Å². The number of nitrogens with zero attached hydrogens (tertiary/aromatic N) is 1. The number of hydrogen-bond donors (Lipinski definition) is 3. The number of rotatable bonds is 3. The summed E-state index contributed by atoms with van der Waals surface area (Å²) < 4.78 is 0. The second-order valence-electron chi connectivity index (χ2n) is 4.95. The second kappa shape index (κ2) is 5.95. The molecule has 100 valence electrons. The maximum atomic E-state index is 12.0. The Bertz CT molecular complexity index is 367. The minimum absolute atomic E-state index is 0.135. The molecule has 2 rings (SSSR count). The Hall–Kier alpha value is -1.43. The lowest BCUT2D eigenvalue weighted by Gasteiger charge is -2.31. The summed E-state index contributed by atoms with van der Waals surface area (Å²) in [6.07, 6.45) is 5.11. The van der Waals surface area contributed by atoms with Gasteiger partial charge in [-0.1, -0.05) is 12.8 Å². The number of nitrogens with one attached hydrogen (secondary N) is 2. The Labute approximate surface area is 106 Å². The third-order valence-electron chi connectivity index (χ3n) is 3.69. The molecule has 6 nitrogen and oxygen atoms in total. The summed E-state index contributed by atoms with van der Waals surface area (Å²) in [5.41, 5.74) is 8.48. The third kappa shape index (κ3) is 3.07.